The van der Waals surface area contributed by atoms with Crippen molar-refractivity contribution in [3.8, 4) is 5.69 Å². The number of hydrogen-bond donors (Lipinski definition) is 1. The maximum Gasteiger partial charge on any atom is 0.273 e. The molecule has 140 valence electrons. The number of nitrogens with zero attached hydrogens (tertiary/aromatic N) is 5. The van der Waals surface area contributed by atoms with Crippen LogP contribution in [-0.2, 0) is 5.75 Å². The van der Waals surface area contributed by atoms with Crippen LogP contribution < -0.4 is 5.32 Å². The summed E-state index contributed by atoms with van der Waals surface area (Å²) in [6.45, 7) is 2.68. The summed E-state index contributed by atoms with van der Waals surface area (Å²) in [6, 6.07) is 8.98. The van der Waals surface area contributed by atoms with Crippen molar-refractivity contribution in [2.45, 2.75) is 30.7 Å². The zero-order chi connectivity index (χ0) is 19.1. The van der Waals surface area contributed by atoms with E-state index in [0.717, 1.165) is 18.5 Å². The lowest BCUT2D eigenvalue weighted by Gasteiger charge is -2.08. The van der Waals surface area contributed by atoms with Crippen LogP contribution in [0.15, 0.2) is 47.9 Å². The molecule has 0 spiro atoms. The molecule has 0 aliphatic carbocycles. The lowest BCUT2D eigenvalue weighted by Crippen LogP contribution is -2.26. The van der Waals surface area contributed by atoms with Crippen molar-refractivity contribution in [2.24, 2.45) is 0 Å². The van der Waals surface area contributed by atoms with Crippen molar-refractivity contribution in [3.05, 3.63) is 59.1 Å². The van der Waals surface area contributed by atoms with Gasteiger partial charge in [0.05, 0.1) is 11.4 Å². The van der Waals surface area contributed by atoms with Crippen LogP contribution in [0, 0.1) is 0 Å². The number of unbranched alkanes of at least 4 members (excludes halogenated alkanes) is 1. The Morgan fingerprint density at radius 2 is 1.96 bits per heavy atom. The molecule has 2 aromatic heterocycles. The third-order valence-electron chi connectivity index (χ3n) is 3.75. The summed E-state index contributed by atoms with van der Waals surface area (Å²) in [7, 11) is 0. The van der Waals surface area contributed by atoms with Gasteiger partial charge in [-0.25, -0.2) is 14.6 Å². The molecule has 0 unspecified atom stereocenters. The van der Waals surface area contributed by atoms with Gasteiger partial charge in [0, 0.05) is 29.7 Å². The summed E-state index contributed by atoms with van der Waals surface area (Å²) < 4.78 is 1.65. The largest absolute Gasteiger partial charge is 0.351 e. The first-order chi connectivity index (χ1) is 13.2. The Labute approximate surface area is 166 Å². The van der Waals surface area contributed by atoms with Gasteiger partial charge in [0.1, 0.15) is 0 Å². The van der Waals surface area contributed by atoms with Crippen LogP contribution in [0.25, 0.3) is 5.69 Å². The van der Waals surface area contributed by atoms with Crippen LogP contribution in [0.1, 0.15) is 35.9 Å². The molecule has 0 saturated carbocycles. The summed E-state index contributed by atoms with van der Waals surface area (Å²) in [4.78, 5) is 21.0. The minimum atomic E-state index is -0.228. The lowest BCUT2D eigenvalue weighted by atomic mass is 10.2. The Morgan fingerprint density at radius 3 is 2.67 bits per heavy atom. The van der Waals surface area contributed by atoms with E-state index in [1.807, 2.05) is 12.1 Å². The molecule has 1 amide bonds. The van der Waals surface area contributed by atoms with Crippen LogP contribution in [0.4, 0.5) is 0 Å². The third-order valence-corrected chi connectivity index (χ3v) is 4.88. The van der Waals surface area contributed by atoms with Crippen LogP contribution >= 0.6 is 23.4 Å². The average molecular weight is 403 g/mol. The number of thioether (sulfide) groups is 1. The van der Waals surface area contributed by atoms with E-state index in [2.05, 4.69) is 32.5 Å². The molecule has 0 saturated heterocycles. The van der Waals surface area contributed by atoms with Gasteiger partial charge in [0.25, 0.3) is 5.91 Å². The smallest absolute Gasteiger partial charge is 0.273 e. The highest BCUT2D eigenvalue weighted by Crippen LogP contribution is 2.23. The normalized spacial score (nSPS) is 10.7. The highest BCUT2D eigenvalue weighted by molar-refractivity contribution is 7.98. The van der Waals surface area contributed by atoms with Gasteiger partial charge in [-0.3, -0.25) is 4.79 Å². The molecule has 0 atom stereocenters. The Bertz CT molecular complexity index is 885. The van der Waals surface area contributed by atoms with Gasteiger partial charge in [-0.2, -0.15) is 0 Å². The maximum atomic E-state index is 12.6. The highest BCUT2D eigenvalue weighted by Gasteiger charge is 2.21. The summed E-state index contributed by atoms with van der Waals surface area (Å²) >= 11 is 7.40. The number of hydrogen-bond acceptors (Lipinski definition) is 6. The SMILES string of the molecule is CCCCNC(=O)c1nnn(-c2ccc(Cl)cc2)c1CSc1ncccn1. The number of benzene rings is 1. The molecule has 1 N–H and O–H groups in total. The zero-order valence-corrected chi connectivity index (χ0v) is 16.4. The first kappa shape index (κ1) is 19.3. The first-order valence-electron chi connectivity index (χ1n) is 8.57. The molecule has 2 heterocycles. The maximum absolute atomic E-state index is 12.6. The van der Waals surface area contributed by atoms with Gasteiger partial charge < -0.3 is 5.32 Å². The van der Waals surface area contributed by atoms with Crippen LogP contribution in [-0.4, -0.2) is 37.4 Å². The number of rotatable bonds is 8. The molecule has 0 aliphatic rings. The van der Waals surface area contributed by atoms with E-state index in [0.29, 0.717) is 33.9 Å². The number of amides is 1. The molecule has 1 aromatic carbocycles. The van der Waals surface area contributed by atoms with E-state index in [9.17, 15) is 4.79 Å². The van der Waals surface area contributed by atoms with Gasteiger partial charge in [-0.15, -0.1) is 5.10 Å². The van der Waals surface area contributed by atoms with Crippen molar-refractivity contribution in [2.75, 3.05) is 6.54 Å². The Balaban J connectivity index is 1.88. The number of carbonyl (C=O) groups is 1. The highest BCUT2D eigenvalue weighted by atomic mass is 35.5. The molecule has 0 radical (unpaired) electrons. The van der Waals surface area contributed by atoms with Crippen LogP contribution in [0.2, 0.25) is 5.02 Å². The summed E-state index contributed by atoms with van der Waals surface area (Å²) in [5.41, 5.74) is 1.78. The van der Waals surface area contributed by atoms with Crippen molar-refractivity contribution in [3.63, 3.8) is 0 Å². The predicted octanol–water partition coefficient (Wildman–Crippen LogP) is 3.53. The number of aromatic nitrogens is 5. The number of nitrogens with one attached hydrogen (secondary N) is 1. The van der Waals surface area contributed by atoms with E-state index in [-0.39, 0.29) is 5.91 Å². The van der Waals surface area contributed by atoms with Crippen molar-refractivity contribution >= 4 is 29.3 Å². The van der Waals surface area contributed by atoms with Crippen LogP contribution in [0.3, 0.4) is 0 Å². The third kappa shape index (κ3) is 5.05. The van der Waals surface area contributed by atoms with Gasteiger partial charge in [-0.1, -0.05) is 41.9 Å². The second-order valence-corrected chi connectivity index (χ2v) is 7.08. The second kappa shape index (κ2) is 9.48. The van der Waals surface area contributed by atoms with Crippen molar-refractivity contribution in [1.82, 2.24) is 30.3 Å². The predicted molar refractivity (Wildman–Crippen MR) is 105 cm³/mol. The fourth-order valence-corrected chi connectivity index (χ4v) is 3.27. The molecule has 9 heteroatoms. The van der Waals surface area contributed by atoms with Gasteiger partial charge >= 0.3 is 0 Å². The molecule has 0 fully saturated rings. The first-order valence-corrected chi connectivity index (χ1v) is 9.94. The Kier molecular flexibility index (Phi) is 6.78. The van der Waals surface area contributed by atoms with E-state index >= 15 is 0 Å². The van der Waals surface area contributed by atoms with E-state index < -0.39 is 0 Å². The van der Waals surface area contributed by atoms with E-state index in [1.54, 1.807) is 35.3 Å². The molecule has 27 heavy (non-hydrogen) atoms. The van der Waals surface area contributed by atoms with E-state index in [1.165, 1.54) is 11.8 Å². The quantitative estimate of drug-likeness (QED) is 0.352. The standard InChI is InChI=1S/C18H19ClN6OS/c1-2-3-9-20-17(26)16-15(12-27-18-21-10-4-11-22-18)25(24-23-16)14-7-5-13(19)6-8-14/h4-8,10-11H,2-3,9,12H2,1H3,(H,20,26). The van der Waals surface area contributed by atoms with Crippen molar-refractivity contribution in [1.29, 1.82) is 0 Å². The zero-order valence-electron chi connectivity index (χ0n) is 14.8. The number of halogens is 1. The number of carbonyl (C=O) groups excluding carboxylic acids is 1. The molecule has 0 bridgehead atoms. The molecule has 3 aromatic rings. The van der Waals surface area contributed by atoms with Gasteiger partial charge in [0.15, 0.2) is 10.9 Å². The molecule has 3 rings (SSSR count). The second-order valence-electron chi connectivity index (χ2n) is 5.70. The monoisotopic (exact) mass is 402 g/mol. The average Bonchev–Trinajstić information content (AvgIpc) is 3.12. The Hall–Kier alpha value is -2.45. The summed E-state index contributed by atoms with van der Waals surface area (Å²) in [6.07, 6.45) is 5.29. The minimum Gasteiger partial charge on any atom is -0.351 e. The fraction of sp³-hybridized carbons (Fsp3) is 0.278. The van der Waals surface area contributed by atoms with Crippen molar-refractivity contribution < 1.29 is 4.79 Å². The minimum absolute atomic E-state index is 0.228. The van der Waals surface area contributed by atoms with Gasteiger partial charge in [0.2, 0.25) is 0 Å². The summed E-state index contributed by atoms with van der Waals surface area (Å²) in [5, 5.41) is 12.5. The fourth-order valence-electron chi connectivity index (χ4n) is 2.35. The summed E-state index contributed by atoms with van der Waals surface area (Å²) in [5.74, 6) is 0.226. The molecule has 0 aliphatic heterocycles. The lowest BCUT2D eigenvalue weighted by molar-refractivity contribution is 0.0947. The molecule has 7 nitrogen and oxygen atoms in total. The molecular formula is C18H19ClN6OS. The molecular weight excluding hydrogens is 384 g/mol. The van der Waals surface area contributed by atoms with Crippen LogP contribution in [0.5, 0.6) is 0 Å². The Morgan fingerprint density at radius 1 is 1.22 bits per heavy atom. The van der Waals surface area contributed by atoms with Gasteiger partial charge in [-0.05, 0) is 36.8 Å². The van der Waals surface area contributed by atoms with E-state index in [4.69, 9.17) is 11.6 Å². The topological polar surface area (TPSA) is 85.6 Å².